The van der Waals surface area contributed by atoms with Gasteiger partial charge < -0.3 is 5.32 Å². The van der Waals surface area contributed by atoms with Crippen molar-refractivity contribution < 1.29 is 14.0 Å². The summed E-state index contributed by atoms with van der Waals surface area (Å²) in [6, 6.07) is 4.39. The SMILES string of the molecule is CC(C)C1NC(=O)N(c2cccc(F)c2)C1=O. The number of halogens is 1. The summed E-state index contributed by atoms with van der Waals surface area (Å²) in [5.74, 6) is -0.809. The molecule has 0 aliphatic carbocycles. The van der Waals surface area contributed by atoms with Crippen molar-refractivity contribution in [2.75, 3.05) is 4.90 Å². The molecule has 1 fully saturated rings. The van der Waals surface area contributed by atoms with Crippen LogP contribution in [-0.2, 0) is 4.79 Å². The fourth-order valence-electron chi connectivity index (χ4n) is 1.81. The molecule has 0 spiro atoms. The second-order valence-electron chi connectivity index (χ2n) is 4.32. The van der Waals surface area contributed by atoms with E-state index in [-0.39, 0.29) is 17.5 Å². The lowest BCUT2D eigenvalue weighted by Gasteiger charge is -2.14. The van der Waals surface area contributed by atoms with Crippen molar-refractivity contribution in [3.05, 3.63) is 30.1 Å². The molecule has 5 heteroatoms. The second kappa shape index (κ2) is 4.16. The van der Waals surface area contributed by atoms with E-state index in [2.05, 4.69) is 5.32 Å². The molecule has 3 amide bonds. The molecule has 1 atom stereocenters. The molecule has 1 unspecified atom stereocenters. The van der Waals surface area contributed by atoms with Gasteiger partial charge in [-0.3, -0.25) is 4.79 Å². The lowest BCUT2D eigenvalue weighted by molar-refractivity contribution is -0.119. The predicted molar refractivity (Wildman–Crippen MR) is 61.0 cm³/mol. The summed E-state index contributed by atoms with van der Waals surface area (Å²) in [7, 11) is 0. The number of nitrogens with zero attached hydrogens (tertiary/aromatic N) is 1. The van der Waals surface area contributed by atoms with Gasteiger partial charge in [0.2, 0.25) is 0 Å². The Morgan fingerprint density at radius 2 is 2.06 bits per heavy atom. The highest BCUT2D eigenvalue weighted by molar-refractivity contribution is 6.21. The molecule has 1 aromatic carbocycles. The number of nitrogens with one attached hydrogen (secondary N) is 1. The third kappa shape index (κ3) is 2.00. The lowest BCUT2D eigenvalue weighted by Crippen LogP contribution is -2.34. The number of imide groups is 1. The minimum absolute atomic E-state index is 0.00464. The van der Waals surface area contributed by atoms with E-state index < -0.39 is 17.9 Å². The molecule has 0 bridgehead atoms. The molecule has 2 rings (SSSR count). The van der Waals surface area contributed by atoms with Crippen LogP contribution in [0.25, 0.3) is 0 Å². The Hall–Kier alpha value is -1.91. The highest BCUT2D eigenvalue weighted by Gasteiger charge is 2.40. The second-order valence-corrected chi connectivity index (χ2v) is 4.32. The summed E-state index contributed by atoms with van der Waals surface area (Å²) < 4.78 is 13.1. The molecule has 1 heterocycles. The van der Waals surface area contributed by atoms with E-state index in [9.17, 15) is 14.0 Å². The number of anilines is 1. The molecule has 0 aromatic heterocycles. The van der Waals surface area contributed by atoms with Crippen molar-refractivity contribution in [3.8, 4) is 0 Å². The molecule has 90 valence electrons. The molecular weight excluding hydrogens is 223 g/mol. The number of rotatable bonds is 2. The monoisotopic (exact) mass is 236 g/mol. The summed E-state index contributed by atoms with van der Waals surface area (Å²) in [6.45, 7) is 3.69. The molecule has 1 aromatic rings. The smallest absolute Gasteiger partial charge is 0.325 e. The van der Waals surface area contributed by atoms with E-state index in [4.69, 9.17) is 0 Å². The zero-order chi connectivity index (χ0) is 12.6. The molecule has 1 saturated heterocycles. The van der Waals surface area contributed by atoms with Crippen molar-refractivity contribution in [3.63, 3.8) is 0 Å². The third-order valence-electron chi connectivity index (χ3n) is 2.70. The normalized spacial score (nSPS) is 20.0. The molecule has 1 aliphatic rings. The van der Waals surface area contributed by atoms with Gasteiger partial charge in [0.1, 0.15) is 11.9 Å². The van der Waals surface area contributed by atoms with Crippen LogP contribution >= 0.6 is 0 Å². The first-order valence-electron chi connectivity index (χ1n) is 5.40. The minimum Gasteiger partial charge on any atom is -0.325 e. The Bertz CT molecular complexity index is 473. The first-order valence-corrected chi connectivity index (χ1v) is 5.40. The first-order chi connectivity index (χ1) is 8.00. The summed E-state index contributed by atoms with van der Waals surface area (Å²) in [4.78, 5) is 24.7. The van der Waals surface area contributed by atoms with Gasteiger partial charge in [0, 0.05) is 0 Å². The van der Waals surface area contributed by atoms with Gasteiger partial charge in [0.05, 0.1) is 5.69 Å². The summed E-state index contributed by atoms with van der Waals surface area (Å²) in [5, 5.41) is 2.59. The van der Waals surface area contributed by atoms with Crippen molar-refractivity contribution in [2.24, 2.45) is 5.92 Å². The summed E-state index contributed by atoms with van der Waals surface area (Å²) >= 11 is 0. The van der Waals surface area contributed by atoms with Crippen LogP contribution in [-0.4, -0.2) is 18.0 Å². The first kappa shape index (κ1) is 11.6. The highest BCUT2D eigenvalue weighted by Crippen LogP contribution is 2.22. The van der Waals surface area contributed by atoms with E-state index in [0.717, 1.165) is 4.90 Å². The van der Waals surface area contributed by atoms with Crippen molar-refractivity contribution in [1.29, 1.82) is 0 Å². The van der Waals surface area contributed by atoms with E-state index in [1.54, 1.807) is 0 Å². The topological polar surface area (TPSA) is 49.4 Å². The molecule has 1 N–H and O–H groups in total. The van der Waals surface area contributed by atoms with Crippen LogP contribution in [0.2, 0.25) is 0 Å². The number of hydrogen-bond donors (Lipinski definition) is 1. The quantitative estimate of drug-likeness (QED) is 0.797. The number of urea groups is 1. The van der Waals surface area contributed by atoms with Gasteiger partial charge in [-0.15, -0.1) is 0 Å². The van der Waals surface area contributed by atoms with Crippen LogP contribution < -0.4 is 10.2 Å². The fraction of sp³-hybridized carbons (Fsp3) is 0.333. The average molecular weight is 236 g/mol. The molecule has 1 aliphatic heterocycles. The van der Waals surface area contributed by atoms with E-state index >= 15 is 0 Å². The van der Waals surface area contributed by atoms with Gasteiger partial charge in [-0.25, -0.2) is 14.1 Å². The zero-order valence-corrected chi connectivity index (χ0v) is 9.61. The minimum atomic E-state index is -0.536. The molecular formula is C12H13FN2O2. The number of amides is 3. The summed E-state index contributed by atoms with van der Waals surface area (Å²) in [5.41, 5.74) is 0.260. The number of hydrogen-bond acceptors (Lipinski definition) is 2. The van der Waals surface area contributed by atoms with Gasteiger partial charge in [-0.1, -0.05) is 19.9 Å². The van der Waals surface area contributed by atoms with Gasteiger partial charge >= 0.3 is 6.03 Å². The Balaban J connectivity index is 2.34. The van der Waals surface area contributed by atoms with E-state index in [0.29, 0.717) is 0 Å². The van der Waals surface area contributed by atoms with Gasteiger partial charge in [-0.2, -0.15) is 0 Å². The van der Waals surface area contributed by atoms with Gasteiger partial charge in [0.15, 0.2) is 0 Å². The van der Waals surface area contributed by atoms with Crippen molar-refractivity contribution in [1.82, 2.24) is 5.32 Å². The van der Waals surface area contributed by atoms with Crippen LogP contribution in [0.4, 0.5) is 14.9 Å². The third-order valence-corrected chi connectivity index (χ3v) is 2.70. The number of carbonyl (C=O) groups is 2. The van der Waals surface area contributed by atoms with Crippen LogP contribution in [0.1, 0.15) is 13.8 Å². The number of carbonyl (C=O) groups excluding carboxylic acids is 2. The fourth-order valence-corrected chi connectivity index (χ4v) is 1.81. The molecule has 17 heavy (non-hydrogen) atoms. The van der Waals surface area contributed by atoms with Gasteiger partial charge in [0.25, 0.3) is 5.91 Å². The van der Waals surface area contributed by atoms with Crippen LogP contribution in [0.5, 0.6) is 0 Å². The van der Waals surface area contributed by atoms with Crippen LogP contribution in [0, 0.1) is 11.7 Å². The maximum atomic E-state index is 13.1. The standard InChI is InChI=1S/C12H13FN2O2/c1-7(2)10-11(16)15(12(17)14-10)9-5-3-4-8(13)6-9/h3-7,10H,1-2H3,(H,14,17). The Morgan fingerprint density at radius 1 is 1.35 bits per heavy atom. The van der Waals surface area contributed by atoms with E-state index in [1.807, 2.05) is 13.8 Å². The maximum Gasteiger partial charge on any atom is 0.329 e. The lowest BCUT2D eigenvalue weighted by atomic mass is 10.0. The number of benzene rings is 1. The van der Waals surface area contributed by atoms with Gasteiger partial charge in [-0.05, 0) is 24.1 Å². The Kier molecular flexibility index (Phi) is 2.83. The van der Waals surface area contributed by atoms with Crippen LogP contribution in [0.3, 0.4) is 0 Å². The maximum absolute atomic E-state index is 13.1. The average Bonchev–Trinajstić information content (AvgIpc) is 2.54. The largest absolute Gasteiger partial charge is 0.329 e. The Morgan fingerprint density at radius 3 is 2.59 bits per heavy atom. The summed E-state index contributed by atoms with van der Waals surface area (Å²) in [6.07, 6.45) is 0. The van der Waals surface area contributed by atoms with Crippen molar-refractivity contribution >= 4 is 17.6 Å². The predicted octanol–water partition coefficient (Wildman–Crippen LogP) is 1.91. The zero-order valence-electron chi connectivity index (χ0n) is 9.61. The molecule has 4 nitrogen and oxygen atoms in total. The molecule has 0 radical (unpaired) electrons. The highest BCUT2D eigenvalue weighted by atomic mass is 19.1. The van der Waals surface area contributed by atoms with Crippen molar-refractivity contribution in [2.45, 2.75) is 19.9 Å². The molecule has 0 saturated carbocycles. The van der Waals surface area contributed by atoms with Crippen LogP contribution in [0.15, 0.2) is 24.3 Å². The Labute approximate surface area is 98.4 Å². The van der Waals surface area contributed by atoms with E-state index in [1.165, 1.54) is 24.3 Å².